The molecule has 1 N–H and O–H groups in total. The molecule has 3 aromatic rings. The van der Waals surface area contributed by atoms with E-state index in [1.807, 2.05) is 19.3 Å². The molecule has 0 unspecified atom stereocenters. The Morgan fingerprint density at radius 1 is 1.29 bits per heavy atom. The molecule has 2 heterocycles. The Labute approximate surface area is 103 Å². The highest BCUT2D eigenvalue weighted by Crippen LogP contribution is 2.28. The number of nitrogens with one attached hydrogen (secondary N) is 1. The van der Waals surface area contributed by atoms with Gasteiger partial charge in [0.25, 0.3) is 0 Å². The third kappa shape index (κ3) is 2.01. The van der Waals surface area contributed by atoms with Crippen LogP contribution in [0.25, 0.3) is 10.2 Å². The second-order valence-corrected chi connectivity index (χ2v) is 5.02. The van der Waals surface area contributed by atoms with Crippen molar-refractivity contribution in [1.29, 1.82) is 0 Å². The second kappa shape index (κ2) is 3.85. The normalized spacial score (nSPS) is 10.9. The van der Waals surface area contributed by atoms with Gasteiger partial charge in [0.15, 0.2) is 10.9 Å². The van der Waals surface area contributed by atoms with E-state index in [2.05, 4.69) is 40.5 Å². The fourth-order valence-corrected chi connectivity index (χ4v) is 2.54. The Hall–Kier alpha value is -1.88. The van der Waals surface area contributed by atoms with E-state index in [-0.39, 0.29) is 0 Å². The van der Waals surface area contributed by atoms with Gasteiger partial charge >= 0.3 is 0 Å². The van der Waals surface area contributed by atoms with Crippen molar-refractivity contribution in [2.24, 2.45) is 7.05 Å². The highest BCUT2D eigenvalue weighted by molar-refractivity contribution is 7.22. The predicted octanol–water partition coefficient (Wildman–Crippen LogP) is 3.08. The minimum absolute atomic E-state index is 0.822. The van der Waals surface area contributed by atoms with E-state index in [1.165, 1.54) is 10.3 Å². The standard InChI is InChI=1S/C12H12N4S/c1-8-3-4-10-9(7-8)13-12(17-10)14-11-5-6-16(2)15-11/h3-7H,1-2H3,(H,13,14,15). The molecule has 17 heavy (non-hydrogen) atoms. The van der Waals surface area contributed by atoms with Crippen LogP contribution in [0.5, 0.6) is 0 Å². The summed E-state index contributed by atoms with van der Waals surface area (Å²) in [4.78, 5) is 4.54. The highest BCUT2D eigenvalue weighted by Gasteiger charge is 2.05. The van der Waals surface area contributed by atoms with E-state index in [1.54, 1.807) is 16.0 Å². The summed E-state index contributed by atoms with van der Waals surface area (Å²) >= 11 is 1.64. The van der Waals surface area contributed by atoms with Crippen molar-refractivity contribution in [3.05, 3.63) is 36.0 Å². The Bertz CT molecular complexity index is 668. The van der Waals surface area contributed by atoms with E-state index >= 15 is 0 Å². The van der Waals surface area contributed by atoms with Crippen LogP contribution in [0.2, 0.25) is 0 Å². The molecular weight excluding hydrogens is 232 g/mol. The molecule has 5 heteroatoms. The quantitative estimate of drug-likeness (QED) is 0.753. The van der Waals surface area contributed by atoms with Crippen molar-refractivity contribution in [3.8, 4) is 0 Å². The van der Waals surface area contributed by atoms with Crippen LogP contribution in [-0.4, -0.2) is 14.8 Å². The summed E-state index contributed by atoms with van der Waals surface area (Å²) < 4.78 is 2.95. The molecule has 0 atom stereocenters. The van der Waals surface area contributed by atoms with Crippen molar-refractivity contribution >= 4 is 32.5 Å². The maximum Gasteiger partial charge on any atom is 0.189 e. The second-order valence-electron chi connectivity index (χ2n) is 3.99. The first kappa shape index (κ1) is 10.3. The van der Waals surface area contributed by atoms with E-state index in [9.17, 15) is 0 Å². The van der Waals surface area contributed by atoms with Crippen molar-refractivity contribution in [1.82, 2.24) is 14.8 Å². The number of thiazole rings is 1. The van der Waals surface area contributed by atoms with Crippen LogP contribution in [0.3, 0.4) is 0 Å². The zero-order valence-corrected chi connectivity index (χ0v) is 10.5. The smallest absolute Gasteiger partial charge is 0.189 e. The fraction of sp³-hybridized carbons (Fsp3) is 0.167. The SMILES string of the molecule is Cc1ccc2sc(Nc3ccn(C)n3)nc2c1. The summed E-state index contributed by atoms with van der Waals surface area (Å²) in [6.45, 7) is 2.07. The average molecular weight is 244 g/mol. The fourth-order valence-electron chi connectivity index (χ4n) is 1.68. The number of anilines is 2. The van der Waals surface area contributed by atoms with Crippen LogP contribution in [0.4, 0.5) is 10.9 Å². The molecule has 0 saturated carbocycles. The van der Waals surface area contributed by atoms with Gasteiger partial charge < -0.3 is 5.32 Å². The summed E-state index contributed by atoms with van der Waals surface area (Å²) in [7, 11) is 1.90. The molecule has 0 bridgehead atoms. The molecule has 4 nitrogen and oxygen atoms in total. The topological polar surface area (TPSA) is 42.7 Å². The molecule has 0 amide bonds. The maximum absolute atomic E-state index is 4.54. The summed E-state index contributed by atoms with van der Waals surface area (Å²) in [5.41, 5.74) is 2.26. The number of hydrogen-bond donors (Lipinski definition) is 1. The number of nitrogens with zero attached hydrogens (tertiary/aromatic N) is 3. The molecule has 0 fully saturated rings. The Morgan fingerprint density at radius 2 is 2.18 bits per heavy atom. The molecule has 0 aliphatic rings. The number of aromatic nitrogens is 3. The number of aryl methyl sites for hydroxylation is 2. The number of hydrogen-bond acceptors (Lipinski definition) is 4. The van der Waals surface area contributed by atoms with Gasteiger partial charge in [0.1, 0.15) is 0 Å². The van der Waals surface area contributed by atoms with Gasteiger partial charge in [-0.2, -0.15) is 5.10 Å². The van der Waals surface area contributed by atoms with Crippen molar-refractivity contribution in [2.75, 3.05) is 5.32 Å². The third-order valence-electron chi connectivity index (χ3n) is 2.49. The zero-order valence-electron chi connectivity index (χ0n) is 9.64. The summed E-state index contributed by atoms with van der Waals surface area (Å²) in [5, 5.41) is 8.35. The van der Waals surface area contributed by atoms with Gasteiger partial charge in [-0.1, -0.05) is 17.4 Å². The Morgan fingerprint density at radius 3 is 2.94 bits per heavy atom. The summed E-state index contributed by atoms with van der Waals surface area (Å²) in [6.07, 6.45) is 1.90. The van der Waals surface area contributed by atoms with Gasteiger partial charge in [-0.25, -0.2) is 4.98 Å². The molecule has 3 rings (SSSR count). The molecule has 0 spiro atoms. The zero-order chi connectivity index (χ0) is 11.8. The largest absolute Gasteiger partial charge is 0.315 e. The lowest BCUT2D eigenvalue weighted by molar-refractivity contribution is 0.771. The lowest BCUT2D eigenvalue weighted by Gasteiger charge is -1.94. The molecule has 0 aliphatic heterocycles. The van der Waals surface area contributed by atoms with Crippen LogP contribution >= 0.6 is 11.3 Å². The van der Waals surface area contributed by atoms with Crippen LogP contribution in [-0.2, 0) is 7.05 Å². The monoisotopic (exact) mass is 244 g/mol. The van der Waals surface area contributed by atoms with Gasteiger partial charge in [0.2, 0.25) is 0 Å². The molecular formula is C12H12N4S. The van der Waals surface area contributed by atoms with Crippen molar-refractivity contribution < 1.29 is 0 Å². The lowest BCUT2D eigenvalue weighted by atomic mass is 10.2. The molecule has 0 radical (unpaired) electrons. The molecule has 2 aromatic heterocycles. The van der Waals surface area contributed by atoms with Gasteiger partial charge in [0.05, 0.1) is 10.2 Å². The first-order valence-electron chi connectivity index (χ1n) is 5.34. The van der Waals surface area contributed by atoms with Crippen LogP contribution in [0.15, 0.2) is 30.5 Å². The molecule has 0 aliphatic carbocycles. The first-order valence-corrected chi connectivity index (χ1v) is 6.16. The number of rotatable bonds is 2. The first-order chi connectivity index (χ1) is 8.20. The van der Waals surface area contributed by atoms with E-state index in [0.717, 1.165) is 16.5 Å². The number of benzene rings is 1. The molecule has 1 aromatic carbocycles. The maximum atomic E-state index is 4.54. The third-order valence-corrected chi connectivity index (χ3v) is 3.44. The van der Waals surface area contributed by atoms with E-state index in [4.69, 9.17) is 0 Å². The van der Waals surface area contributed by atoms with E-state index in [0.29, 0.717) is 0 Å². The predicted molar refractivity (Wildman–Crippen MR) is 70.8 cm³/mol. The highest BCUT2D eigenvalue weighted by atomic mass is 32.1. The molecule has 86 valence electrons. The van der Waals surface area contributed by atoms with Crippen molar-refractivity contribution in [3.63, 3.8) is 0 Å². The Kier molecular flexibility index (Phi) is 2.33. The Balaban J connectivity index is 1.95. The summed E-state index contributed by atoms with van der Waals surface area (Å²) in [6, 6.07) is 8.23. The van der Waals surface area contributed by atoms with E-state index < -0.39 is 0 Å². The van der Waals surface area contributed by atoms with Gasteiger partial charge in [-0.05, 0) is 24.6 Å². The van der Waals surface area contributed by atoms with Gasteiger partial charge in [-0.15, -0.1) is 0 Å². The lowest BCUT2D eigenvalue weighted by Crippen LogP contribution is -1.92. The minimum Gasteiger partial charge on any atom is -0.315 e. The van der Waals surface area contributed by atoms with Crippen LogP contribution in [0, 0.1) is 6.92 Å². The van der Waals surface area contributed by atoms with Crippen LogP contribution < -0.4 is 5.32 Å². The minimum atomic E-state index is 0.822. The summed E-state index contributed by atoms with van der Waals surface area (Å²) in [5.74, 6) is 0.822. The average Bonchev–Trinajstić information content (AvgIpc) is 2.84. The number of fused-ring (bicyclic) bond motifs is 1. The van der Waals surface area contributed by atoms with Gasteiger partial charge in [0, 0.05) is 19.3 Å². The van der Waals surface area contributed by atoms with Gasteiger partial charge in [-0.3, -0.25) is 4.68 Å². The van der Waals surface area contributed by atoms with Crippen molar-refractivity contribution in [2.45, 2.75) is 6.92 Å². The van der Waals surface area contributed by atoms with Crippen LogP contribution in [0.1, 0.15) is 5.56 Å². The molecule has 0 saturated heterocycles.